The molecule has 0 aromatic carbocycles. The monoisotopic (exact) mass is 226 g/mol. The zero-order chi connectivity index (χ0) is 5.70. The molecule has 0 N–H and O–H groups in total. The first-order valence-electron chi connectivity index (χ1n) is 2.24. The van der Waals surface area contributed by atoms with Crippen LogP contribution in [0.5, 0.6) is 0 Å². The summed E-state index contributed by atoms with van der Waals surface area (Å²) in [5.41, 5.74) is 0. The molecule has 1 atom stereocenters. The van der Waals surface area contributed by atoms with Gasteiger partial charge < -0.3 is 0 Å². The molecule has 0 bridgehead atoms. The average molecular weight is 228 g/mol. The van der Waals surface area contributed by atoms with Crippen LogP contribution in [0.15, 0.2) is 0 Å². The van der Waals surface area contributed by atoms with Crippen LogP contribution in [-0.4, -0.2) is 10.2 Å². The van der Waals surface area contributed by atoms with Gasteiger partial charge in [0.25, 0.3) is 0 Å². The van der Waals surface area contributed by atoms with Gasteiger partial charge in [-0.15, -0.1) is 0 Å². The second-order valence-electron chi connectivity index (χ2n) is 1.21. The van der Waals surface area contributed by atoms with Gasteiger partial charge in [-0.3, -0.25) is 0 Å². The summed E-state index contributed by atoms with van der Waals surface area (Å²) in [4.78, 5) is 0.465. The number of hydrogen-bond donors (Lipinski definition) is 0. The topological polar surface area (TPSA) is 0 Å². The van der Waals surface area contributed by atoms with Crippen molar-refractivity contribution < 1.29 is 0 Å². The van der Waals surface area contributed by atoms with Crippen LogP contribution in [0.1, 0.15) is 13.3 Å². The van der Waals surface area contributed by atoms with Crippen LogP contribution in [0.4, 0.5) is 0 Å². The van der Waals surface area contributed by atoms with Gasteiger partial charge in [0.05, 0.1) is 0 Å². The minimum atomic E-state index is 0.465. The first-order valence-corrected chi connectivity index (χ1v) is 4.28. The Hall–Kier alpha value is 0.960. The smallest absolute Gasteiger partial charge is 0.0220 e. The maximum Gasteiger partial charge on any atom is 0.0220 e. The van der Waals surface area contributed by atoms with E-state index in [1.54, 1.807) is 0 Å². The lowest BCUT2D eigenvalue weighted by molar-refractivity contribution is 0.940. The number of rotatable bonds is 3. The molecule has 0 saturated heterocycles. The summed E-state index contributed by atoms with van der Waals surface area (Å²) in [5, 5.41) is 0.858. The molecule has 0 fully saturated rings. The van der Waals surface area contributed by atoms with E-state index in [0.29, 0.717) is 4.83 Å². The molecule has 0 spiro atoms. The summed E-state index contributed by atoms with van der Waals surface area (Å²) in [6.07, 6.45) is 4.25. The highest BCUT2D eigenvalue weighted by Gasteiger charge is 1.96. The molecule has 0 rings (SSSR count). The summed E-state index contributed by atoms with van der Waals surface area (Å²) in [6.45, 7) is 2.12. The van der Waals surface area contributed by atoms with E-state index in [9.17, 15) is 0 Å². The Balaban J connectivity index is 2.83. The van der Waals surface area contributed by atoms with Gasteiger partial charge in [0, 0.05) is 16.6 Å². The van der Waals surface area contributed by atoms with Crippen LogP contribution in [0.25, 0.3) is 0 Å². The first-order chi connectivity index (χ1) is 3.31. The third-order valence-corrected chi connectivity index (χ3v) is 1.95. The van der Waals surface area contributed by atoms with E-state index >= 15 is 0 Å². The third-order valence-electron chi connectivity index (χ3n) is 0.657. The van der Waals surface area contributed by atoms with E-state index in [1.165, 1.54) is 0 Å². The maximum atomic E-state index is 3.40. The Bertz CT molecular complexity index is 37.1. The van der Waals surface area contributed by atoms with Gasteiger partial charge >= 0.3 is 0 Å². The lowest BCUT2D eigenvalue weighted by Crippen LogP contribution is -1.95. The maximum absolute atomic E-state index is 3.40. The van der Waals surface area contributed by atoms with Crippen LogP contribution < -0.4 is 0 Å². The number of hydrogen-bond acceptors (Lipinski definition) is 0. The van der Waals surface area contributed by atoms with Gasteiger partial charge in [0.1, 0.15) is 0 Å². The summed E-state index contributed by atoms with van der Waals surface area (Å²) in [7, 11) is 0. The molecular formula is C5H8Br2. The molecule has 1 unspecified atom stereocenters. The number of halogens is 2. The van der Waals surface area contributed by atoms with E-state index in [-0.39, 0.29) is 0 Å². The van der Waals surface area contributed by atoms with Gasteiger partial charge in [0.2, 0.25) is 0 Å². The van der Waals surface area contributed by atoms with Gasteiger partial charge in [-0.25, -0.2) is 0 Å². The van der Waals surface area contributed by atoms with E-state index in [0.717, 1.165) is 11.8 Å². The second-order valence-corrected chi connectivity index (χ2v) is 2.88. The molecule has 0 heterocycles. The SMILES string of the molecule is CCC(Br)[C]CBr. The summed E-state index contributed by atoms with van der Waals surface area (Å²) in [5.74, 6) is 0. The largest absolute Gasteiger partial charge is 0.0921 e. The van der Waals surface area contributed by atoms with E-state index in [2.05, 4.69) is 45.2 Å². The standard InChI is InChI=1S/C5H8Br2/c1-2-5(7)3-4-6/h5H,2,4H2,1H3. The molecular weight excluding hydrogens is 220 g/mol. The van der Waals surface area contributed by atoms with Crippen LogP contribution >= 0.6 is 31.9 Å². The van der Waals surface area contributed by atoms with Crippen molar-refractivity contribution in [2.45, 2.75) is 18.2 Å². The molecule has 0 aliphatic carbocycles. The minimum absolute atomic E-state index is 0.465. The lowest BCUT2D eigenvalue weighted by atomic mass is 10.3. The highest BCUT2D eigenvalue weighted by atomic mass is 79.9. The highest BCUT2D eigenvalue weighted by molar-refractivity contribution is 9.10. The molecule has 0 nitrogen and oxygen atoms in total. The normalized spacial score (nSPS) is 14.1. The predicted octanol–water partition coefficient (Wildman–Crippen LogP) is 2.64. The van der Waals surface area contributed by atoms with Crippen molar-refractivity contribution in [2.75, 3.05) is 5.33 Å². The molecule has 2 radical (unpaired) electrons. The Kier molecular flexibility index (Phi) is 5.80. The van der Waals surface area contributed by atoms with Crippen molar-refractivity contribution in [3.63, 3.8) is 0 Å². The van der Waals surface area contributed by atoms with Crippen molar-refractivity contribution >= 4 is 31.9 Å². The quantitative estimate of drug-likeness (QED) is 0.651. The van der Waals surface area contributed by atoms with Crippen molar-refractivity contribution in [2.24, 2.45) is 0 Å². The Morgan fingerprint density at radius 2 is 2.29 bits per heavy atom. The zero-order valence-corrected chi connectivity index (χ0v) is 7.42. The molecule has 0 amide bonds. The fraction of sp³-hybridized carbons (Fsp3) is 0.800. The molecule has 7 heavy (non-hydrogen) atoms. The molecule has 0 saturated carbocycles. The highest BCUT2D eigenvalue weighted by Crippen LogP contribution is 2.08. The Morgan fingerprint density at radius 1 is 1.71 bits per heavy atom. The second kappa shape index (κ2) is 5.10. The molecule has 42 valence electrons. The average Bonchev–Trinajstić information content (AvgIpc) is 1.68. The fourth-order valence-corrected chi connectivity index (χ4v) is 1.22. The molecule has 2 heteroatoms. The zero-order valence-electron chi connectivity index (χ0n) is 4.25. The fourth-order valence-electron chi connectivity index (χ4n) is 0.228. The minimum Gasteiger partial charge on any atom is -0.0921 e. The van der Waals surface area contributed by atoms with Crippen molar-refractivity contribution in [3.05, 3.63) is 6.42 Å². The van der Waals surface area contributed by atoms with Gasteiger partial charge in [-0.1, -0.05) is 38.8 Å². The van der Waals surface area contributed by atoms with E-state index in [4.69, 9.17) is 0 Å². The molecule has 0 aliphatic rings. The molecule has 0 aromatic rings. The van der Waals surface area contributed by atoms with E-state index < -0.39 is 0 Å². The predicted molar refractivity (Wildman–Crippen MR) is 40.0 cm³/mol. The van der Waals surface area contributed by atoms with Crippen molar-refractivity contribution in [3.8, 4) is 0 Å². The first kappa shape index (κ1) is 7.96. The van der Waals surface area contributed by atoms with Crippen LogP contribution in [0.3, 0.4) is 0 Å². The van der Waals surface area contributed by atoms with Gasteiger partial charge in [-0.05, 0) is 6.42 Å². The Morgan fingerprint density at radius 3 is 2.43 bits per heavy atom. The van der Waals surface area contributed by atoms with Crippen LogP contribution in [0.2, 0.25) is 0 Å². The van der Waals surface area contributed by atoms with Crippen molar-refractivity contribution in [1.29, 1.82) is 0 Å². The van der Waals surface area contributed by atoms with E-state index in [1.807, 2.05) is 0 Å². The molecule has 0 aromatic heterocycles. The molecule has 0 aliphatic heterocycles. The number of alkyl halides is 2. The lowest BCUT2D eigenvalue weighted by Gasteiger charge is -1.98. The van der Waals surface area contributed by atoms with Gasteiger partial charge in [0.15, 0.2) is 0 Å². The van der Waals surface area contributed by atoms with Crippen LogP contribution in [-0.2, 0) is 0 Å². The Labute approximate surface area is 61.9 Å². The summed E-state index contributed by atoms with van der Waals surface area (Å²) < 4.78 is 0. The summed E-state index contributed by atoms with van der Waals surface area (Å²) >= 11 is 6.65. The van der Waals surface area contributed by atoms with Crippen LogP contribution in [0, 0.1) is 6.42 Å². The summed E-state index contributed by atoms with van der Waals surface area (Å²) in [6, 6.07) is 0. The van der Waals surface area contributed by atoms with Crippen molar-refractivity contribution in [1.82, 2.24) is 0 Å². The third kappa shape index (κ3) is 4.82. The van der Waals surface area contributed by atoms with Gasteiger partial charge in [-0.2, -0.15) is 0 Å².